The van der Waals surface area contributed by atoms with E-state index in [1.54, 1.807) is 0 Å². The largest absolute Gasteiger partial charge is 0.368 e. The molecule has 4 N–H and O–H groups in total. The fraction of sp³-hybridized carbons (Fsp3) is 0.562. The molecule has 4 heteroatoms. The second kappa shape index (κ2) is 6.37. The Morgan fingerprint density at radius 1 is 1.35 bits per heavy atom. The average molecular weight is 275 g/mol. The molecule has 0 saturated carbocycles. The van der Waals surface area contributed by atoms with Crippen molar-refractivity contribution in [3.63, 3.8) is 0 Å². The Kier molecular flexibility index (Phi) is 4.78. The molecule has 3 unspecified atom stereocenters. The SMILES string of the molecule is Cc1ccccc1C(C(C)N)N1CCCCC1C(N)=O. The van der Waals surface area contributed by atoms with Gasteiger partial charge in [-0.15, -0.1) is 0 Å². The molecule has 1 heterocycles. The Balaban J connectivity index is 2.37. The van der Waals surface area contributed by atoms with E-state index in [2.05, 4.69) is 24.0 Å². The van der Waals surface area contributed by atoms with Crippen LogP contribution in [0, 0.1) is 6.92 Å². The molecule has 1 aliphatic heterocycles. The number of carbonyl (C=O) groups excluding carboxylic acids is 1. The van der Waals surface area contributed by atoms with E-state index < -0.39 is 0 Å². The average Bonchev–Trinajstić information content (AvgIpc) is 2.41. The monoisotopic (exact) mass is 275 g/mol. The van der Waals surface area contributed by atoms with Crippen LogP contribution in [0.5, 0.6) is 0 Å². The minimum absolute atomic E-state index is 0.0453. The third-order valence-electron chi connectivity index (χ3n) is 4.24. The second-order valence-corrected chi connectivity index (χ2v) is 5.81. The van der Waals surface area contributed by atoms with Gasteiger partial charge in [-0.1, -0.05) is 30.7 Å². The minimum Gasteiger partial charge on any atom is -0.368 e. The molecule has 0 spiro atoms. The number of nitrogens with zero attached hydrogens (tertiary/aromatic N) is 1. The molecule has 1 fully saturated rings. The van der Waals surface area contributed by atoms with Gasteiger partial charge >= 0.3 is 0 Å². The van der Waals surface area contributed by atoms with Crippen molar-refractivity contribution in [3.05, 3.63) is 35.4 Å². The van der Waals surface area contributed by atoms with Crippen LogP contribution in [0.3, 0.4) is 0 Å². The number of piperidine rings is 1. The van der Waals surface area contributed by atoms with Crippen LogP contribution in [0.2, 0.25) is 0 Å². The van der Waals surface area contributed by atoms with Gasteiger partial charge in [0.15, 0.2) is 0 Å². The molecular weight excluding hydrogens is 250 g/mol. The van der Waals surface area contributed by atoms with Crippen molar-refractivity contribution in [1.82, 2.24) is 4.90 Å². The smallest absolute Gasteiger partial charge is 0.234 e. The first-order chi connectivity index (χ1) is 9.52. The second-order valence-electron chi connectivity index (χ2n) is 5.81. The van der Waals surface area contributed by atoms with Gasteiger partial charge in [-0.2, -0.15) is 0 Å². The maximum absolute atomic E-state index is 11.7. The van der Waals surface area contributed by atoms with Crippen LogP contribution in [0.4, 0.5) is 0 Å². The lowest BCUT2D eigenvalue weighted by molar-refractivity contribution is -0.125. The standard InChI is InChI=1S/C16H25N3O/c1-11-7-3-4-8-13(11)15(12(2)17)19-10-6-5-9-14(19)16(18)20/h3-4,7-8,12,14-15H,5-6,9-10,17H2,1-2H3,(H2,18,20). The summed E-state index contributed by atoms with van der Waals surface area (Å²) in [4.78, 5) is 14.0. The molecule has 1 aromatic carbocycles. The van der Waals surface area contributed by atoms with Crippen LogP contribution in [0.25, 0.3) is 0 Å². The molecule has 20 heavy (non-hydrogen) atoms. The Hall–Kier alpha value is -1.39. The zero-order valence-corrected chi connectivity index (χ0v) is 12.4. The van der Waals surface area contributed by atoms with Crippen LogP contribution >= 0.6 is 0 Å². The zero-order chi connectivity index (χ0) is 14.7. The lowest BCUT2D eigenvalue weighted by Gasteiger charge is -2.42. The van der Waals surface area contributed by atoms with E-state index in [0.717, 1.165) is 25.8 Å². The van der Waals surface area contributed by atoms with Gasteiger partial charge in [-0.05, 0) is 44.4 Å². The first-order valence-corrected chi connectivity index (χ1v) is 7.38. The third-order valence-corrected chi connectivity index (χ3v) is 4.24. The Morgan fingerprint density at radius 3 is 2.65 bits per heavy atom. The summed E-state index contributed by atoms with van der Waals surface area (Å²) < 4.78 is 0. The maximum Gasteiger partial charge on any atom is 0.234 e. The van der Waals surface area contributed by atoms with E-state index in [4.69, 9.17) is 11.5 Å². The summed E-state index contributed by atoms with van der Waals surface area (Å²) in [7, 11) is 0. The molecule has 1 saturated heterocycles. The summed E-state index contributed by atoms with van der Waals surface area (Å²) in [6, 6.07) is 8.06. The van der Waals surface area contributed by atoms with Crippen molar-refractivity contribution in [2.24, 2.45) is 11.5 Å². The Bertz CT molecular complexity index is 473. The van der Waals surface area contributed by atoms with Crippen molar-refractivity contribution in [1.29, 1.82) is 0 Å². The van der Waals surface area contributed by atoms with E-state index in [1.807, 2.05) is 19.1 Å². The highest BCUT2D eigenvalue weighted by Gasteiger charge is 2.35. The quantitative estimate of drug-likeness (QED) is 0.879. The summed E-state index contributed by atoms with van der Waals surface area (Å²) >= 11 is 0. The van der Waals surface area contributed by atoms with E-state index in [9.17, 15) is 4.79 Å². The number of hydrogen-bond acceptors (Lipinski definition) is 3. The summed E-state index contributed by atoms with van der Waals surface area (Å²) in [5, 5.41) is 0. The number of aryl methyl sites for hydroxylation is 1. The lowest BCUT2D eigenvalue weighted by atomic mass is 9.90. The lowest BCUT2D eigenvalue weighted by Crippen LogP contribution is -2.52. The number of primary amides is 1. The molecule has 1 aromatic rings. The van der Waals surface area contributed by atoms with Crippen LogP contribution in [0.1, 0.15) is 43.4 Å². The van der Waals surface area contributed by atoms with E-state index in [-0.39, 0.29) is 24.0 Å². The topological polar surface area (TPSA) is 72.3 Å². The van der Waals surface area contributed by atoms with Gasteiger partial charge in [-0.25, -0.2) is 0 Å². The van der Waals surface area contributed by atoms with Gasteiger partial charge < -0.3 is 11.5 Å². The molecule has 0 bridgehead atoms. The first-order valence-electron chi connectivity index (χ1n) is 7.38. The first kappa shape index (κ1) is 15.0. The fourth-order valence-electron chi connectivity index (χ4n) is 3.27. The third kappa shape index (κ3) is 3.02. The van der Waals surface area contributed by atoms with Crippen LogP contribution in [-0.2, 0) is 4.79 Å². The summed E-state index contributed by atoms with van der Waals surface area (Å²) in [5.41, 5.74) is 14.2. The predicted octanol–water partition coefficient (Wildman–Crippen LogP) is 1.72. The molecule has 0 aromatic heterocycles. The van der Waals surface area contributed by atoms with Gasteiger partial charge in [0.1, 0.15) is 0 Å². The molecule has 2 rings (SSSR count). The molecule has 4 nitrogen and oxygen atoms in total. The Morgan fingerprint density at radius 2 is 2.05 bits per heavy atom. The Labute approximate surface area is 121 Å². The zero-order valence-electron chi connectivity index (χ0n) is 12.4. The van der Waals surface area contributed by atoms with Crippen molar-refractivity contribution >= 4 is 5.91 Å². The molecule has 0 radical (unpaired) electrons. The van der Waals surface area contributed by atoms with Crippen molar-refractivity contribution < 1.29 is 4.79 Å². The highest BCUT2D eigenvalue weighted by Crippen LogP contribution is 2.32. The molecule has 1 amide bonds. The number of nitrogens with two attached hydrogens (primary N) is 2. The van der Waals surface area contributed by atoms with E-state index in [0.29, 0.717) is 0 Å². The van der Waals surface area contributed by atoms with E-state index >= 15 is 0 Å². The van der Waals surface area contributed by atoms with Gasteiger partial charge in [0.2, 0.25) is 5.91 Å². The number of amides is 1. The molecule has 0 aliphatic carbocycles. The van der Waals surface area contributed by atoms with Gasteiger partial charge in [0.05, 0.1) is 12.1 Å². The van der Waals surface area contributed by atoms with Crippen LogP contribution < -0.4 is 11.5 Å². The number of likely N-dealkylation sites (tertiary alicyclic amines) is 1. The van der Waals surface area contributed by atoms with E-state index in [1.165, 1.54) is 11.1 Å². The van der Waals surface area contributed by atoms with Gasteiger partial charge in [0.25, 0.3) is 0 Å². The normalized spacial score (nSPS) is 23.2. The van der Waals surface area contributed by atoms with Gasteiger partial charge in [-0.3, -0.25) is 9.69 Å². The summed E-state index contributed by atoms with van der Waals surface area (Å²) in [5.74, 6) is -0.232. The number of benzene rings is 1. The molecular formula is C16H25N3O. The summed E-state index contributed by atoms with van der Waals surface area (Å²) in [6.45, 7) is 4.98. The number of hydrogen-bond donors (Lipinski definition) is 2. The highest BCUT2D eigenvalue weighted by atomic mass is 16.1. The van der Waals surface area contributed by atoms with Crippen molar-refractivity contribution in [3.8, 4) is 0 Å². The molecule has 1 aliphatic rings. The highest BCUT2D eigenvalue weighted by molar-refractivity contribution is 5.80. The van der Waals surface area contributed by atoms with Crippen LogP contribution in [0.15, 0.2) is 24.3 Å². The van der Waals surface area contributed by atoms with Gasteiger partial charge in [0, 0.05) is 6.04 Å². The van der Waals surface area contributed by atoms with Crippen LogP contribution in [-0.4, -0.2) is 29.4 Å². The van der Waals surface area contributed by atoms with Crippen molar-refractivity contribution in [2.75, 3.05) is 6.54 Å². The molecule has 110 valence electrons. The van der Waals surface area contributed by atoms with Crippen molar-refractivity contribution in [2.45, 2.75) is 51.2 Å². The minimum atomic E-state index is -0.232. The summed E-state index contributed by atoms with van der Waals surface area (Å²) in [6.07, 6.45) is 2.99. The fourth-order valence-corrected chi connectivity index (χ4v) is 3.27. The molecule has 3 atom stereocenters. The number of rotatable bonds is 4. The number of carbonyl (C=O) groups is 1. The predicted molar refractivity (Wildman–Crippen MR) is 81.1 cm³/mol. The maximum atomic E-state index is 11.7.